The third kappa shape index (κ3) is 3.25. The Morgan fingerprint density at radius 3 is 2.64 bits per heavy atom. The highest BCUT2D eigenvalue weighted by Gasteiger charge is 2.05. The van der Waals surface area contributed by atoms with Crippen LogP contribution >= 0.6 is 0 Å². The first-order valence-corrected chi connectivity index (χ1v) is 7.71. The number of aromatic amines is 2. The van der Waals surface area contributed by atoms with Gasteiger partial charge < -0.3 is 15.3 Å². The second-order valence-electron chi connectivity index (χ2n) is 5.58. The first kappa shape index (κ1) is 15.1. The summed E-state index contributed by atoms with van der Waals surface area (Å²) in [5.74, 6) is 0.213. The molecule has 0 unspecified atom stereocenters. The van der Waals surface area contributed by atoms with Crippen LogP contribution in [-0.2, 0) is 6.54 Å². The van der Waals surface area contributed by atoms with Gasteiger partial charge in [-0.05, 0) is 35.9 Å². The fourth-order valence-electron chi connectivity index (χ4n) is 2.58. The summed E-state index contributed by atoms with van der Waals surface area (Å²) in [6.07, 6.45) is 1.67. The van der Waals surface area contributed by atoms with Crippen molar-refractivity contribution < 1.29 is 4.39 Å². The summed E-state index contributed by atoms with van der Waals surface area (Å²) in [4.78, 5) is 25.5. The van der Waals surface area contributed by atoms with Crippen LogP contribution in [0.15, 0.2) is 59.5 Å². The van der Waals surface area contributed by atoms with Crippen molar-refractivity contribution in [3.63, 3.8) is 0 Å². The van der Waals surface area contributed by atoms with E-state index in [-0.39, 0.29) is 11.5 Å². The average Bonchev–Trinajstić information content (AvgIpc) is 3.00. The van der Waals surface area contributed by atoms with Crippen molar-refractivity contribution in [1.82, 2.24) is 19.9 Å². The van der Waals surface area contributed by atoms with Gasteiger partial charge in [-0.3, -0.25) is 0 Å². The fraction of sp³-hybridized carbons (Fsp3) is 0.0556. The molecule has 2 aromatic carbocycles. The van der Waals surface area contributed by atoms with E-state index in [1.165, 1.54) is 12.1 Å². The lowest BCUT2D eigenvalue weighted by atomic mass is 10.1. The maximum absolute atomic E-state index is 12.9. The predicted molar refractivity (Wildman–Crippen MR) is 93.7 cm³/mol. The number of hydrogen-bond donors (Lipinski definition) is 3. The van der Waals surface area contributed by atoms with Crippen LogP contribution in [0.3, 0.4) is 0 Å². The zero-order valence-electron chi connectivity index (χ0n) is 13.1. The topological polar surface area (TPSA) is 86.5 Å². The van der Waals surface area contributed by atoms with Crippen LogP contribution in [-0.4, -0.2) is 19.9 Å². The molecule has 0 aliphatic rings. The van der Waals surface area contributed by atoms with Crippen LogP contribution in [0, 0.1) is 5.82 Å². The van der Waals surface area contributed by atoms with Crippen molar-refractivity contribution in [2.75, 3.05) is 5.32 Å². The van der Waals surface area contributed by atoms with E-state index in [1.54, 1.807) is 24.4 Å². The minimum atomic E-state index is -0.264. The number of H-pyrrole nitrogens is 2. The maximum Gasteiger partial charge on any atom is 0.323 e. The van der Waals surface area contributed by atoms with E-state index >= 15 is 0 Å². The van der Waals surface area contributed by atoms with Gasteiger partial charge in [0.05, 0.1) is 16.7 Å². The maximum atomic E-state index is 12.9. The molecule has 0 amide bonds. The number of imidazole rings is 1. The van der Waals surface area contributed by atoms with Gasteiger partial charge >= 0.3 is 5.69 Å². The molecule has 25 heavy (non-hydrogen) atoms. The van der Waals surface area contributed by atoms with Crippen molar-refractivity contribution in [1.29, 1.82) is 0 Å². The van der Waals surface area contributed by atoms with Gasteiger partial charge in [0, 0.05) is 18.3 Å². The van der Waals surface area contributed by atoms with Crippen LogP contribution in [0.5, 0.6) is 0 Å². The van der Waals surface area contributed by atoms with Crippen LogP contribution in [0.25, 0.3) is 22.3 Å². The Morgan fingerprint density at radius 1 is 1.00 bits per heavy atom. The van der Waals surface area contributed by atoms with E-state index in [9.17, 15) is 9.18 Å². The number of hydrogen-bond acceptors (Lipinski definition) is 4. The van der Waals surface area contributed by atoms with E-state index in [1.807, 2.05) is 18.2 Å². The van der Waals surface area contributed by atoms with Crippen molar-refractivity contribution in [2.24, 2.45) is 0 Å². The molecule has 2 aromatic heterocycles. The molecule has 0 saturated heterocycles. The third-order valence-corrected chi connectivity index (χ3v) is 3.83. The van der Waals surface area contributed by atoms with Crippen LogP contribution in [0.2, 0.25) is 0 Å². The Labute approximate surface area is 141 Å². The van der Waals surface area contributed by atoms with Gasteiger partial charge in [0.15, 0.2) is 0 Å². The number of nitrogens with one attached hydrogen (secondary N) is 3. The molecule has 0 atom stereocenters. The van der Waals surface area contributed by atoms with Crippen molar-refractivity contribution in [2.45, 2.75) is 6.54 Å². The monoisotopic (exact) mass is 335 g/mol. The average molecular weight is 335 g/mol. The number of aromatic nitrogens is 4. The number of rotatable bonds is 4. The number of fused-ring (bicyclic) bond motifs is 1. The summed E-state index contributed by atoms with van der Waals surface area (Å²) in [5, 5.41) is 3.12. The molecule has 0 saturated carbocycles. The SMILES string of the molecule is O=c1[nH]c2ccc(-c3ccnc(NCc4ccc(F)cc4)n3)cc2[nH]1. The van der Waals surface area contributed by atoms with E-state index in [4.69, 9.17) is 0 Å². The number of halogens is 1. The van der Waals surface area contributed by atoms with E-state index in [2.05, 4.69) is 25.3 Å². The lowest BCUT2D eigenvalue weighted by Gasteiger charge is -2.07. The number of benzene rings is 2. The highest BCUT2D eigenvalue weighted by Crippen LogP contribution is 2.21. The van der Waals surface area contributed by atoms with E-state index < -0.39 is 0 Å². The van der Waals surface area contributed by atoms with E-state index in [0.717, 1.165) is 27.9 Å². The van der Waals surface area contributed by atoms with Gasteiger partial charge in [-0.1, -0.05) is 18.2 Å². The number of nitrogens with zero attached hydrogens (tertiary/aromatic N) is 2. The molecule has 0 radical (unpaired) electrons. The standard InChI is InChI=1S/C18H14FN5O/c19-13-4-1-11(2-5-13)10-21-17-20-8-7-14(22-17)12-3-6-15-16(9-12)24-18(25)23-15/h1-9H,10H2,(H,20,21,22)(H2,23,24,25). The third-order valence-electron chi connectivity index (χ3n) is 3.83. The first-order chi connectivity index (χ1) is 12.2. The summed E-state index contributed by atoms with van der Waals surface area (Å²) in [6, 6.07) is 13.6. The largest absolute Gasteiger partial charge is 0.350 e. The minimum Gasteiger partial charge on any atom is -0.350 e. The Morgan fingerprint density at radius 2 is 1.80 bits per heavy atom. The highest BCUT2D eigenvalue weighted by atomic mass is 19.1. The summed E-state index contributed by atoms with van der Waals surface area (Å²) < 4.78 is 12.9. The van der Waals surface area contributed by atoms with Gasteiger partial charge in [-0.2, -0.15) is 0 Å². The normalized spacial score (nSPS) is 10.9. The van der Waals surface area contributed by atoms with Crippen molar-refractivity contribution in [3.05, 3.63) is 76.6 Å². The molecule has 6 nitrogen and oxygen atoms in total. The zero-order chi connectivity index (χ0) is 17.2. The highest BCUT2D eigenvalue weighted by molar-refractivity contribution is 5.80. The molecule has 0 aliphatic carbocycles. The molecule has 4 aromatic rings. The molecule has 2 heterocycles. The Balaban J connectivity index is 1.57. The molecule has 0 spiro atoms. The molecule has 0 aliphatic heterocycles. The molecular weight excluding hydrogens is 321 g/mol. The number of anilines is 1. The second kappa shape index (κ2) is 6.20. The molecule has 0 bridgehead atoms. The quantitative estimate of drug-likeness (QED) is 0.535. The predicted octanol–water partition coefficient (Wildman–Crippen LogP) is 3.06. The van der Waals surface area contributed by atoms with Gasteiger partial charge in [0.1, 0.15) is 5.82 Å². The fourth-order valence-corrected chi connectivity index (χ4v) is 2.58. The molecule has 4 rings (SSSR count). The Hall–Kier alpha value is -3.48. The summed E-state index contributed by atoms with van der Waals surface area (Å²) >= 11 is 0. The molecule has 7 heteroatoms. The Kier molecular flexibility index (Phi) is 3.74. The molecular formula is C18H14FN5O. The zero-order valence-corrected chi connectivity index (χ0v) is 13.1. The van der Waals surface area contributed by atoms with Crippen LogP contribution in [0.4, 0.5) is 10.3 Å². The molecule has 124 valence electrons. The second-order valence-corrected chi connectivity index (χ2v) is 5.58. The molecule has 0 fully saturated rings. The van der Waals surface area contributed by atoms with Crippen LogP contribution in [0.1, 0.15) is 5.56 Å². The van der Waals surface area contributed by atoms with Crippen molar-refractivity contribution >= 4 is 17.0 Å². The van der Waals surface area contributed by atoms with Gasteiger partial charge in [-0.15, -0.1) is 0 Å². The van der Waals surface area contributed by atoms with Gasteiger partial charge in [-0.25, -0.2) is 19.2 Å². The van der Waals surface area contributed by atoms with Crippen LogP contribution < -0.4 is 11.0 Å². The van der Waals surface area contributed by atoms with E-state index in [0.29, 0.717) is 12.5 Å². The van der Waals surface area contributed by atoms with Gasteiger partial charge in [0.2, 0.25) is 5.95 Å². The van der Waals surface area contributed by atoms with Gasteiger partial charge in [0.25, 0.3) is 0 Å². The minimum absolute atomic E-state index is 0.239. The Bertz CT molecular complexity index is 1080. The first-order valence-electron chi connectivity index (χ1n) is 7.71. The summed E-state index contributed by atoms with van der Waals surface area (Å²) in [7, 11) is 0. The summed E-state index contributed by atoms with van der Waals surface area (Å²) in [6.45, 7) is 0.494. The van der Waals surface area contributed by atoms with Crippen molar-refractivity contribution in [3.8, 4) is 11.3 Å². The lowest BCUT2D eigenvalue weighted by molar-refractivity contribution is 0.627. The molecule has 3 N–H and O–H groups in total. The smallest absolute Gasteiger partial charge is 0.323 e. The summed E-state index contributed by atoms with van der Waals surface area (Å²) in [5.41, 5.74) is 3.77. The lowest BCUT2D eigenvalue weighted by Crippen LogP contribution is -2.04.